The second-order valence-electron chi connectivity index (χ2n) is 8.05. The van der Waals surface area contributed by atoms with Crippen LogP contribution in [-0.2, 0) is 4.74 Å². The summed E-state index contributed by atoms with van der Waals surface area (Å²) in [6.07, 6.45) is 7.65. The first-order valence-corrected chi connectivity index (χ1v) is 9.72. The summed E-state index contributed by atoms with van der Waals surface area (Å²) in [6, 6.07) is 0. The molecule has 1 aliphatic heterocycles. The number of fused-ring (bicyclic) bond motifs is 1. The lowest BCUT2D eigenvalue weighted by atomic mass is 9.81. The van der Waals surface area contributed by atoms with Gasteiger partial charge in [0.25, 0.3) is 0 Å². The molecule has 1 fully saturated rings. The van der Waals surface area contributed by atoms with Crippen molar-refractivity contribution in [2.75, 3.05) is 6.61 Å². The van der Waals surface area contributed by atoms with E-state index in [0.29, 0.717) is 5.57 Å². The number of allylic oxidation sites excluding steroid dienone is 5. The van der Waals surface area contributed by atoms with E-state index in [1.54, 1.807) is 6.08 Å². The fourth-order valence-corrected chi connectivity index (χ4v) is 3.64. The van der Waals surface area contributed by atoms with Crippen molar-refractivity contribution in [3.63, 3.8) is 0 Å². The Kier molecular flexibility index (Phi) is 7.60. The molecule has 0 aromatic heterocycles. The molecule has 5 heteroatoms. The maximum Gasteiger partial charge on any atom is 0.156 e. The van der Waals surface area contributed by atoms with Crippen LogP contribution >= 0.6 is 0 Å². The Labute approximate surface area is 162 Å². The number of aliphatic hydroxyl groups excluding tert-OH is 4. The molecule has 27 heavy (non-hydrogen) atoms. The smallest absolute Gasteiger partial charge is 0.156 e. The average Bonchev–Trinajstić information content (AvgIpc) is 3.35. The molecule has 2 aliphatic rings. The van der Waals surface area contributed by atoms with Crippen LogP contribution in [-0.4, -0.2) is 57.0 Å². The van der Waals surface area contributed by atoms with Crippen LogP contribution in [0.3, 0.4) is 0 Å². The summed E-state index contributed by atoms with van der Waals surface area (Å²) in [4.78, 5) is 0. The van der Waals surface area contributed by atoms with Gasteiger partial charge < -0.3 is 25.2 Å². The fourth-order valence-electron chi connectivity index (χ4n) is 3.64. The van der Waals surface area contributed by atoms with Crippen LogP contribution in [0.2, 0.25) is 0 Å². The molecule has 0 aromatic carbocycles. The van der Waals surface area contributed by atoms with Gasteiger partial charge in [-0.1, -0.05) is 34.9 Å². The number of aliphatic hydroxyl groups is 4. The van der Waals surface area contributed by atoms with Gasteiger partial charge in [0.05, 0.1) is 6.61 Å². The maximum atomic E-state index is 10.6. The van der Waals surface area contributed by atoms with Crippen LogP contribution in [0.4, 0.5) is 0 Å². The Morgan fingerprint density at radius 3 is 2.37 bits per heavy atom. The van der Waals surface area contributed by atoms with E-state index in [0.717, 1.165) is 31.3 Å². The first-order valence-electron chi connectivity index (χ1n) is 9.72. The van der Waals surface area contributed by atoms with E-state index in [1.165, 1.54) is 17.2 Å². The third-order valence-corrected chi connectivity index (χ3v) is 5.43. The van der Waals surface area contributed by atoms with Crippen LogP contribution in [0.25, 0.3) is 0 Å². The zero-order chi connectivity index (χ0) is 20.2. The highest BCUT2D eigenvalue weighted by Gasteiger charge is 2.69. The van der Waals surface area contributed by atoms with Gasteiger partial charge in [-0.3, -0.25) is 0 Å². The van der Waals surface area contributed by atoms with Gasteiger partial charge in [0, 0.05) is 0 Å². The van der Waals surface area contributed by atoms with Crippen LogP contribution in [0.15, 0.2) is 46.6 Å². The topological polar surface area (TPSA) is 93.5 Å². The highest BCUT2D eigenvalue weighted by Crippen LogP contribution is 2.50. The molecule has 0 amide bonds. The summed E-state index contributed by atoms with van der Waals surface area (Å²) in [5, 5.41) is 40.3. The largest absolute Gasteiger partial charge is 0.392 e. The lowest BCUT2D eigenvalue weighted by molar-refractivity contribution is 0.0266. The zero-order valence-electron chi connectivity index (χ0n) is 16.9. The number of rotatable bonds is 9. The van der Waals surface area contributed by atoms with Gasteiger partial charge in [-0.15, -0.1) is 0 Å². The number of epoxide rings is 1. The highest BCUT2D eigenvalue weighted by atomic mass is 16.6. The van der Waals surface area contributed by atoms with E-state index in [-0.39, 0.29) is 6.61 Å². The number of hydrogen-bond donors (Lipinski definition) is 4. The van der Waals surface area contributed by atoms with Gasteiger partial charge in [0.1, 0.15) is 24.4 Å². The standard InChI is InChI=1S/C22H34O5/c1-14(2)7-5-8-15(3)9-6-10-16(4)11-18(24)22-19(25)12-17(13-23)20(26)21(22)27-22/h7,9,11-12,18-21,23-26H,5-6,8,10,13H2,1-4H3/b15-9+,16-11+/t18-,19-,20+,21-,22+/m0/s1. The Morgan fingerprint density at radius 1 is 1.11 bits per heavy atom. The highest BCUT2D eigenvalue weighted by molar-refractivity contribution is 5.34. The molecule has 1 heterocycles. The van der Waals surface area contributed by atoms with E-state index in [4.69, 9.17) is 4.74 Å². The van der Waals surface area contributed by atoms with E-state index in [9.17, 15) is 20.4 Å². The molecule has 5 atom stereocenters. The molecule has 1 aliphatic carbocycles. The third-order valence-electron chi connectivity index (χ3n) is 5.43. The van der Waals surface area contributed by atoms with Gasteiger partial charge in [0.15, 0.2) is 5.60 Å². The maximum absolute atomic E-state index is 10.6. The number of ether oxygens (including phenoxy) is 1. The minimum Gasteiger partial charge on any atom is -0.392 e. The molecule has 0 aromatic rings. The van der Waals surface area contributed by atoms with Gasteiger partial charge in [-0.2, -0.15) is 0 Å². The summed E-state index contributed by atoms with van der Waals surface area (Å²) in [7, 11) is 0. The Morgan fingerprint density at radius 2 is 1.74 bits per heavy atom. The molecule has 0 radical (unpaired) electrons. The first-order chi connectivity index (χ1) is 12.7. The van der Waals surface area contributed by atoms with Crippen molar-refractivity contribution in [2.24, 2.45) is 0 Å². The molecular formula is C22H34O5. The minimum atomic E-state index is -1.20. The summed E-state index contributed by atoms with van der Waals surface area (Å²) >= 11 is 0. The predicted molar refractivity (Wildman–Crippen MR) is 106 cm³/mol. The number of hydrogen-bond acceptors (Lipinski definition) is 5. The summed E-state index contributed by atoms with van der Waals surface area (Å²) in [5.41, 5.74) is 2.85. The van der Waals surface area contributed by atoms with Crippen LogP contribution in [0.5, 0.6) is 0 Å². The molecule has 4 N–H and O–H groups in total. The first kappa shape index (κ1) is 22.1. The average molecular weight is 379 g/mol. The summed E-state index contributed by atoms with van der Waals surface area (Å²) in [6.45, 7) is 7.96. The summed E-state index contributed by atoms with van der Waals surface area (Å²) < 4.78 is 5.52. The van der Waals surface area contributed by atoms with Gasteiger partial charge in [0.2, 0.25) is 0 Å². The Hall–Kier alpha value is -1.24. The van der Waals surface area contributed by atoms with Crippen molar-refractivity contribution in [3.05, 3.63) is 46.6 Å². The molecular weight excluding hydrogens is 344 g/mol. The van der Waals surface area contributed by atoms with Crippen LogP contribution in [0, 0.1) is 0 Å². The minimum absolute atomic E-state index is 0.335. The van der Waals surface area contributed by atoms with E-state index >= 15 is 0 Å². The van der Waals surface area contributed by atoms with Crippen molar-refractivity contribution in [3.8, 4) is 0 Å². The van der Waals surface area contributed by atoms with Crippen LogP contribution in [0.1, 0.15) is 53.4 Å². The second kappa shape index (κ2) is 9.30. The van der Waals surface area contributed by atoms with Crippen molar-refractivity contribution < 1.29 is 25.2 Å². The van der Waals surface area contributed by atoms with E-state index in [2.05, 4.69) is 32.9 Å². The molecule has 0 spiro atoms. The van der Waals surface area contributed by atoms with E-state index < -0.39 is 30.0 Å². The Balaban J connectivity index is 1.89. The van der Waals surface area contributed by atoms with Crippen LogP contribution < -0.4 is 0 Å². The fraction of sp³-hybridized carbons (Fsp3) is 0.636. The molecule has 1 saturated heterocycles. The van der Waals surface area contributed by atoms with Gasteiger partial charge in [-0.05, 0) is 65.0 Å². The Bertz CT molecular complexity index is 641. The molecule has 0 bridgehead atoms. The quantitative estimate of drug-likeness (QED) is 0.365. The molecule has 2 rings (SSSR count). The van der Waals surface area contributed by atoms with E-state index in [1.807, 2.05) is 6.92 Å². The van der Waals surface area contributed by atoms with Crippen molar-refractivity contribution >= 4 is 0 Å². The summed E-state index contributed by atoms with van der Waals surface area (Å²) in [5.74, 6) is 0. The molecule has 152 valence electrons. The monoisotopic (exact) mass is 378 g/mol. The predicted octanol–water partition coefficient (Wildman–Crippen LogP) is 2.56. The zero-order valence-corrected chi connectivity index (χ0v) is 16.9. The lowest BCUT2D eigenvalue weighted by Gasteiger charge is -2.28. The SMILES string of the molecule is CC(C)=CCC/C(C)=C/CC/C(C)=C/[C@H](O)[C@]12O[C@H]1[C@H](O)C(CO)=C[C@@H]2O. The van der Waals surface area contributed by atoms with Gasteiger partial charge in [-0.25, -0.2) is 0 Å². The molecule has 5 nitrogen and oxygen atoms in total. The third kappa shape index (κ3) is 5.18. The molecule has 0 saturated carbocycles. The second-order valence-corrected chi connectivity index (χ2v) is 8.05. The van der Waals surface area contributed by atoms with Crippen molar-refractivity contribution in [2.45, 2.75) is 83.4 Å². The normalized spacial score (nSPS) is 31.9. The lowest BCUT2D eigenvalue weighted by Crippen LogP contribution is -2.48. The molecule has 0 unspecified atom stereocenters. The van der Waals surface area contributed by atoms with Crippen molar-refractivity contribution in [1.29, 1.82) is 0 Å². The van der Waals surface area contributed by atoms with Gasteiger partial charge >= 0.3 is 0 Å². The van der Waals surface area contributed by atoms with Crippen molar-refractivity contribution in [1.82, 2.24) is 0 Å².